The second-order valence-corrected chi connectivity index (χ2v) is 6.05. The summed E-state index contributed by atoms with van der Waals surface area (Å²) in [5.74, 6) is 0.551. The number of carbonyl (C=O) groups is 1. The topological polar surface area (TPSA) is 77.2 Å². The summed E-state index contributed by atoms with van der Waals surface area (Å²) < 4.78 is 5.90. The van der Waals surface area contributed by atoms with Gasteiger partial charge in [-0.2, -0.15) is 0 Å². The summed E-state index contributed by atoms with van der Waals surface area (Å²) in [6.07, 6.45) is 0. The molecule has 0 aliphatic rings. The third-order valence-corrected chi connectivity index (χ3v) is 3.86. The molecule has 0 radical (unpaired) electrons. The van der Waals surface area contributed by atoms with E-state index in [1.54, 1.807) is 12.1 Å². The lowest BCUT2D eigenvalue weighted by Crippen LogP contribution is -2.36. The van der Waals surface area contributed by atoms with Crippen molar-refractivity contribution in [2.45, 2.75) is 19.9 Å². The largest absolute Gasteiger partial charge is 0.491 e. The third kappa shape index (κ3) is 3.88. The third-order valence-electron chi connectivity index (χ3n) is 3.86. The summed E-state index contributed by atoms with van der Waals surface area (Å²) in [4.78, 5) is 16.7. The van der Waals surface area contributed by atoms with Gasteiger partial charge in [-0.05, 0) is 44.2 Å². The molecule has 0 saturated heterocycles. The van der Waals surface area contributed by atoms with E-state index in [1.165, 1.54) is 0 Å². The van der Waals surface area contributed by atoms with Crippen molar-refractivity contribution in [2.75, 3.05) is 12.3 Å². The Balaban J connectivity index is 1.69. The van der Waals surface area contributed by atoms with Crippen molar-refractivity contribution in [3.05, 3.63) is 65.9 Å². The van der Waals surface area contributed by atoms with Crippen LogP contribution in [0.25, 0.3) is 10.9 Å². The quantitative estimate of drug-likeness (QED) is 0.750. The van der Waals surface area contributed by atoms with E-state index in [9.17, 15) is 4.79 Å². The van der Waals surface area contributed by atoms with Gasteiger partial charge in [-0.25, -0.2) is 0 Å². The van der Waals surface area contributed by atoms with E-state index in [-0.39, 0.29) is 11.9 Å². The first-order valence-electron chi connectivity index (χ1n) is 8.19. The number of anilines is 1. The number of nitrogens with one attached hydrogen (secondary N) is 1. The smallest absolute Gasteiger partial charge is 0.251 e. The molecule has 5 heteroatoms. The van der Waals surface area contributed by atoms with Crippen molar-refractivity contribution < 1.29 is 9.53 Å². The van der Waals surface area contributed by atoms with Gasteiger partial charge in [-0.3, -0.25) is 9.78 Å². The fraction of sp³-hybridized carbons (Fsp3) is 0.200. The minimum atomic E-state index is -0.150. The van der Waals surface area contributed by atoms with Gasteiger partial charge in [0.25, 0.3) is 5.91 Å². The molecule has 0 saturated carbocycles. The summed E-state index contributed by atoms with van der Waals surface area (Å²) in [5, 5.41) is 3.73. The molecule has 0 fully saturated rings. The number of carbonyl (C=O) groups excluding carboxylic acids is 1. The molecule has 1 amide bonds. The molecule has 25 heavy (non-hydrogen) atoms. The fourth-order valence-electron chi connectivity index (χ4n) is 2.70. The number of ether oxygens (including phenoxy) is 1. The number of hydrogen-bond donors (Lipinski definition) is 2. The zero-order chi connectivity index (χ0) is 17.8. The summed E-state index contributed by atoms with van der Waals surface area (Å²) in [6, 6.07) is 16.4. The van der Waals surface area contributed by atoms with Crippen molar-refractivity contribution in [3.8, 4) is 5.75 Å². The zero-order valence-electron chi connectivity index (χ0n) is 14.3. The van der Waals surface area contributed by atoms with E-state index >= 15 is 0 Å². The average Bonchev–Trinajstić information content (AvgIpc) is 2.60. The number of aryl methyl sites for hydroxylation is 1. The van der Waals surface area contributed by atoms with Crippen LogP contribution in [0.1, 0.15) is 23.0 Å². The van der Waals surface area contributed by atoms with Crippen molar-refractivity contribution in [1.29, 1.82) is 0 Å². The first-order chi connectivity index (χ1) is 12.0. The number of aromatic nitrogens is 1. The molecule has 5 nitrogen and oxygen atoms in total. The Morgan fingerprint density at radius 1 is 1.20 bits per heavy atom. The minimum absolute atomic E-state index is 0.119. The van der Waals surface area contributed by atoms with Crippen LogP contribution in [0, 0.1) is 6.92 Å². The van der Waals surface area contributed by atoms with Gasteiger partial charge in [-0.1, -0.05) is 24.3 Å². The highest BCUT2D eigenvalue weighted by Crippen LogP contribution is 2.30. The SMILES string of the molecule is Cc1cc(N)c2c(OCC(C)NC(=O)c3ccccc3)cccc2n1. The van der Waals surface area contributed by atoms with Crippen LogP contribution in [-0.2, 0) is 0 Å². The Bertz CT molecular complexity index is 894. The van der Waals surface area contributed by atoms with Crippen LogP contribution in [0.2, 0.25) is 0 Å². The maximum Gasteiger partial charge on any atom is 0.251 e. The summed E-state index contributed by atoms with van der Waals surface area (Å²) >= 11 is 0. The van der Waals surface area contributed by atoms with Gasteiger partial charge in [0.15, 0.2) is 0 Å². The Morgan fingerprint density at radius 3 is 2.72 bits per heavy atom. The van der Waals surface area contributed by atoms with Crippen LogP contribution in [0.5, 0.6) is 5.75 Å². The second-order valence-electron chi connectivity index (χ2n) is 6.05. The molecular weight excluding hydrogens is 314 g/mol. The Kier molecular flexibility index (Phi) is 4.84. The first kappa shape index (κ1) is 16.8. The predicted molar refractivity (Wildman–Crippen MR) is 99.8 cm³/mol. The number of amides is 1. The Labute approximate surface area is 146 Å². The van der Waals surface area contributed by atoms with Crippen LogP contribution in [0.4, 0.5) is 5.69 Å². The number of rotatable bonds is 5. The van der Waals surface area contributed by atoms with Gasteiger partial charge >= 0.3 is 0 Å². The average molecular weight is 335 g/mol. The second kappa shape index (κ2) is 7.21. The van der Waals surface area contributed by atoms with Gasteiger partial charge in [-0.15, -0.1) is 0 Å². The van der Waals surface area contributed by atoms with Gasteiger partial charge in [0, 0.05) is 16.9 Å². The van der Waals surface area contributed by atoms with Gasteiger partial charge in [0.05, 0.1) is 16.9 Å². The van der Waals surface area contributed by atoms with Crippen molar-refractivity contribution in [1.82, 2.24) is 10.3 Å². The molecule has 3 rings (SSSR count). The van der Waals surface area contributed by atoms with E-state index in [0.29, 0.717) is 23.6 Å². The predicted octanol–water partition coefficient (Wildman–Crippen LogP) is 3.32. The van der Waals surface area contributed by atoms with Crippen LogP contribution >= 0.6 is 0 Å². The van der Waals surface area contributed by atoms with Crippen LogP contribution in [0.15, 0.2) is 54.6 Å². The van der Waals surface area contributed by atoms with E-state index in [4.69, 9.17) is 10.5 Å². The molecule has 0 spiro atoms. The summed E-state index contributed by atoms with van der Waals surface area (Å²) in [6.45, 7) is 4.15. The lowest BCUT2D eigenvalue weighted by Gasteiger charge is -2.17. The summed E-state index contributed by atoms with van der Waals surface area (Å²) in [7, 11) is 0. The molecule has 2 aromatic carbocycles. The Morgan fingerprint density at radius 2 is 1.96 bits per heavy atom. The van der Waals surface area contributed by atoms with Crippen LogP contribution in [-0.4, -0.2) is 23.5 Å². The van der Waals surface area contributed by atoms with Gasteiger partial charge in [0.2, 0.25) is 0 Å². The monoisotopic (exact) mass is 335 g/mol. The van der Waals surface area contributed by atoms with Crippen molar-refractivity contribution in [3.63, 3.8) is 0 Å². The first-order valence-corrected chi connectivity index (χ1v) is 8.19. The molecule has 0 bridgehead atoms. The van der Waals surface area contributed by atoms with E-state index < -0.39 is 0 Å². The maximum absolute atomic E-state index is 12.2. The molecule has 1 atom stereocenters. The van der Waals surface area contributed by atoms with E-state index in [0.717, 1.165) is 16.6 Å². The highest BCUT2D eigenvalue weighted by atomic mass is 16.5. The van der Waals surface area contributed by atoms with E-state index in [2.05, 4.69) is 10.3 Å². The zero-order valence-corrected chi connectivity index (χ0v) is 14.3. The molecular formula is C20H21N3O2. The molecule has 0 aliphatic heterocycles. The molecule has 1 heterocycles. The standard InChI is InChI=1S/C20H21N3O2/c1-13-11-16(21)19-17(22-13)9-6-10-18(19)25-12-14(2)23-20(24)15-7-4-3-5-8-15/h3-11,14H,12H2,1-2H3,(H2,21,22)(H,23,24). The lowest BCUT2D eigenvalue weighted by molar-refractivity contribution is 0.0927. The number of nitrogens with zero attached hydrogens (tertiary/aromatic N) is 1. The van der Waals surface area contributed by atoms with E-state index in [1.807, 2.05) is 56.3 Å². The number of benzene rings is 2. The normalized spacial score (nSPS) is 11.9. The fourth-order valence-corrected chi connectivity index (χ4v) is 2.70. The maximum atomic E-state index is 12.2. The highest BCUT2D eigenvalue weighted by molar-refractivity contribution is 5.96. The molecule has 128 valence electrons. The number of fused-ring (bicyclic) bond motifs is 1. The minimum Gasteiger partial charge on any atom is -0.491 e. The van der Waals surface area contributed by atoms with Crippen LogP contribution in [0.3, 0.4) is 0 Å². The molecule has 0 aliphatic carbocycles. The van der Waals surface area contributed by atoms with Gasteiger partial charge < -0.3 is 15.8 Å². The highest BCUT2D eigenvalue weighted by Gasteiger charge is 2.12. The number of hydrogen-bond acceptors (Lipinski definition) is 4. The number of nitrogens with two attached hydrogens (primary N) is 1. The molecule has 3 aromatic rings. The lowest BCUT2D eigenvalue weighted by atomic mass is 10.1. The molecule has 3 N–H and O–H groups in total. The molecule has 1 aromatic heterocycles. The van der Waals surface area contributed by atoms with Crippen LogP contribution < -0.4 is 15.8 Å². The van der Waals surface area contributed by atoms with Gasteiger partial charge in [0.1, 0.15) is 12.4 Å². The molecule has 1 unspecified atom stereocenters. The van der Waals surface area contributed by atoms with Crippen molar-refractivity contribution in [2.24, 2.45) is 0 Å². The number of pyridine rings is 1. The Hall–Kier alpha value is -3.08. The summed E-state index contributed by atoms with van der Waals surface area (Å²) in [5.41, 5.74) is 9.07. The number of nitrogen functional groups attached to an aromatic ring is 1. The van der Waals surface area contributed by atoms with Crippen molar-refractivity contribution >= 4 is 22.5 Å².